The number of nitrogens with two attached hydrogens (primary N) is 1. The van der Waals surface area contributed by atoms with Crippen molar-refractivity contribution < 1.29 is 41.4 Å². The highest BCUT2D eigenvalue weighted by atomic mass is 32.2. The zero-order valence-electron chi connectivity index (χ0n) is 23.0. The first-order valence-corrected chi connectivity index (χ1v) is 14.8. The number of benzene rings is 3. The molecule has 0 aromatic heterocycles. The van der Waals surface area contributed by atoms with Crippen molar-refractivity contribution in [1.29, 1.82) is 0 Å². The fraction of sp³-hybridized carbons (Fsp3) is 0.276. The first-order chi connectivity index (χ1) is 20.5. The van der Waals surface area contributed by atoms with E-state index < -0.39 is 46.4 Å². The third-order valence-corrected chi connectivity index (χ3v) is 8.00. The number of rotatable bonds is 3. The lowest BCUT2D eigenvalue weighted by Crippen LogP contribution is -2.58. The molecule has 0 unspecified atom stereocenters. The Morgan fingerprint density at radius 1 is 1.09 bits per heavy atom. The maximum atomic E-state index is 14.5. The van der Waals surface area contributed by atoms with Gasteiger partial charge in [-0.15, -0.1) is 0 Å². The summed E-state index contributed by atoms with van der Waals surface area (Å²) < 4.78 is 54.9. The summed E-state index contributed by atoms with van der Waals surface area (Å²) in [6, 6.07) is 13.1. The molecule has 0 aliphatic carbocycles. The first kappa shape index (κ1) is 29.8. The molecule has 5 rings (SSSR count). The van der Waals surface area contributed by atoms with Crippen LogP contribution in [-0.4, -0.2) is 70.0 Å². The monoisotopic (exact) mass is 612 g/mol. The van der Waals surface area contributed by atoms with Crippen molar-refractivity contribution in [2.75, 3.05) is 26.8 Å². The molecule has 2 aliphatic rings. The van der Waals surface area contributed by atoms with Crippen LogP contribution in [0.4, 0.5) is 4.39 Å². The molecular weight excluding hydrogens is 583 g/mol. The van der Waals surface area contributed by atoms with E-state index >= 15 is 0 Å². The van der Waals surface area contributed by atoms with Gasteiger partial charge in [-0.3, -0.25) is 14.4 Å². The minimum Gasteiger partial charge on any atom is -0.493 e. The summed E-state index contributed by atoms with van der Waals surface area (Å²) in [4.78, 5) is 40.5. The molecule has 2 aliphatic heterocycles. The number of hydrogen-bond donors (Lipinski definition) is 3. The Kier molecular flexibility index (Phi) is 8.50. The maximum Gasteiger partial charge on any atom is 0.258 e. The van der Waals surface area contributed by atoms with Gasteiger partial charge in [0, 0.05) is 43.2 Å². The van der Waals surface area contributed by atoms with Crippen LogP contribution in [0, 0.1) is 5.82 Å². The predicted octanol–water partition coefficient (Wildman–Crippen LogP) is 1.58. The van der Waals surface area contributed by atoms with Crippen molar-refractivity contribution >= 4 is 27.7 Å². The third-order valence-electron chi connectivity index (χ3n) is 7.07. The minimum atomic E-state index is -3.93. The van der Waals surface area contributed by atoms with E-state index in [0.717, 1.165) is 0 Å². The van der Waals surface area contributed by atoms with Gasteiger partial charge < -0.3 is 29.7 Å². The van der Waals surface area contributed by atoms with E-state index in [4.69, 9.17) is 19.3 Å². The van der Waals surface area contributed by atoms with Gasteiger partial charge in [0.25, 0.3) is 17.7 Å². The Balaban J connectivity index is 1.42. The van der Waals surface area contributed by atoms with Crippen LogP contribution in [0.1, 0.15) is 32.7 Å². The molecule has 2 heterocycles. The van der Waals surface area contributed by atoms with Crippen LogP contribution in [0.5, 0.6) is 17.2 Å². The van der Waals surface area contributed by atoms with Crippen molar-refractivity contribution in [2.45, 2.75) is 30.0 Å². The van der Waals surface area contributed by atoms with Gasteiger partial charge in [-0.05, 0) is 60.2 Å². The zero-order chi connectivity index (χ0) is 30.7. The number of piperidine rings is 1. The highest BCUT2D eigenvalue weighted by Crippen LogP contribution is 2.29. The number of nitrogens with zero attached hydrogens (tertiary/aromatic N) is 1. The predicted molar refractivity (Wildman–Crippen MR) is 151 cm³/mol. The Morgan fingerprint density at radius 2 is 1.86 bits per heavy atom. The Hall–Kier alpha value is -4.69. The summed E-state index contributed by atoms with van der Waals surface area (Å²) in [6.45, 7) is -0.126. The Labute approximate surface area is 246 Å². The van der Waals surface area contributed by atoms with Crippen molar-refractivity contribution in [2.24, 2.45) is 5.14 Å². The van der Waals surface area contributed by atoms with E-state index in [2.05, 4.69) is 10.6 Å². The average Bonchev–Trinajstić information content (AvgIpc) is 2.98. The Bertz CT molecular complexity index is 1670. The molecule has 4 N–H and O–H groups in total. The first-order valence-electron chi connectivity index (χ1n) is 13.3. The number of halogens is 1. The van der Waals surface area contributed by atoms with Crippen molar-refractivity contribution in [3.8, 4) is 17.2 Å². The quantitative estimate of drug-likeness (QED) is 0.401. The number of fused-ring (bicyclic) bond motifs is 5. The second-order valence-electron chi connectivity index (χ2n) is 10.1. The van der Waals surface area contributed by atoms with Gasteiger partial charge in [0.2, 0.25) is 10.0 Å². The molecular formula is C29H29FN4O8S. The Morgan fingerprint density at radius 3 is 2.58 bits per heavy atom. The molecule has 0 saturated carbocycles. The second-order valence-corrected chi connectivity index (χ2v) is 11.6. The molecule has 1 fully saturated rings. The summed E-state index contributed by atoms with van der Waals surface area (Å²) in [5.74, 6) is -1.25. The molecule has 2 atom stereocenters. The maximum absolute atomic E-state index is 14.5. The normalized spacial score (nSPS) is 19.2. The number of methoxy groups -OCH3 is 1. The lowest BCUT2D eigenvalue weighted by molar-refractivity contribution is -0.125. The van der Waals surface area contributed by atoms with E-state index in [9.17, 15) is 27.2 Å². The van der Waals surface area contributed by atoms with Crippen LogP contribution in [0.25, 0.3) is 0 Å². The van der Waals surface area contributed by atoms with Crippen molar-refractivity contribution in [1.82, 2.24) is 15.5 Å². The summed E-state index contributed by atoms with van der Waals surface area (Å²) in [6.07, 6.45) is -0.363. The molecule has 3 aromatic carbocycles. The van der Waals surface area contributed by atoms with E-state index in [-0.39, 0.29) is 59.5 Å². The second kappa shape index (κ2) is 12.3. The summed E-state index contributed by atoms with van der Waals surface area (Å²) in [7, 11) is -2.50. The molecule has 14 heteroatoms. The average molecular weight is 613 g/mol. The van der Waals surface area contributed by atoms with E-state index in [1.54, 1.807) is 6.07 Å². The van der Waals surface area contributed by atoms with Gasteiger partial charge in [0.1, 0.15) is 17.7 Å². The molecule has 12 nitrogen and oxygen atoms in total. The third kappa shape index (κ3) is 7.04. The number of likely N-dealkylation sites (tertiary alicyclic amines) is 1. The zero-order valence-corrected chi connectivity index (χ0v) is 23.9. The number of carbonyl (C=O) groups excluding carboxylic acids is 3. The highest BCUT2D eigenvalue weighted by molar-refractivity contribution is 7.89. The summed E-state index contributed by atoms with van der Waals surface area (Å²) in [5, 5.41) is 10.7. The van der Waals surface area contributed by atoms with Gasteiger partial charge >= 0.3 is 0 Å². The number of hydrogen-bond acceptors (Lipinski definition) is 8. The number of carbonyl (C=O) groups is 3. The van der Waals surface area contributed by atoms with Crippen LogP contribution < -0.4 is 30.0 Å². The molecule has 43 heavy (non-hydrogen) atoms. The van der Waals surface area contributed by atoms with Crippen LogP contribution in [0.3, 0.4) is 0 Å². The number of sulfonamides is 1. The lowest BCUT2D eigenvalue weighted by atomic mass is 10.0. The minimum absolute atomic E-state index is 0.0204. The molecule has 3 aromatic rings. The molecule has 0 radical (unpaired) electrons. The van der Waals surface area contributed by atoms with Gasteiger partial charge in [0.15, 0.2) is 18.1 Å². The fourth-order valence-corrected chi connectivity index (χ4v) is 5.45. The SMILES string of the molecule is COc1ccc2cc1OCC(=O)N[C@@H]1CN(C(=O)c3ccc(S(N)(=O)=O)cc3)CC[C@@H]1Oc1cc(F)cc(c1)CNC2=O. The van der Waals surface area contributed by atoms with Gasteiger partial charge in [-0.2, -0.15) is 0 Å². The number of nitrogens with one attached hydrogen (secondary N) is 2. The lowest BCUT2D eigenvalue weighted by Gasteiger charge is -2.39. The van der Waals surface area contributed by atoms with Gasteiger partial charge in [-0.1, -0.05) is 0 Å². The number of amides is 3. The van der Waals surface area contributed by atoms with Gasteiger partial charge in [0.05, 0.1) is 18.0 Å². The fourth-order valence-electron chi connectivity index (χ4n) is 4.94. The molecule has 226 valence electrons. The summed E-state index contributed by atoms with van der Waals surface area (Å²) in [5.41, 5.74) is 0.935. The number of ether oxygens (including phenoxy) is 3. The smallest absolute Gasteiger partial charge is 0.258 e. The topological polar surface area (TPSA) is 166 Å². The van der Waals surface area contributed by atoms with Crippen molar-refractivity contribution in [3.05, 3.63) is 83.2 Å². The summed E-state index contributed by atoms with van der Waals surface area (Å²) >= 11 is 0. The number of primary sulfonamides is 1. The molecule has 3 amide bonds. The van der Waals surface area contributed by atoms with Crippen LogP contribution >= 0.6 is 0 Å². The highest BCUT2D eigenvalue weighted by Gasteiger charge is 2.35. The van der Waals surface area contributed by atoms with Gasteiger partial charge in [-0.25, -0.2) is 17.9 Å². The molecule has 0 spiro atoms. The van der Waals surface area contributed by atoms with E-state index in [1.165, 1.54) is 66.6 Å². The van der Waals surface area contributed by atoms with Crippen molar-refractivity contribution in [3.63, 3.8) is 0 Å². The van der Waals surface area contributed by atoms with E-state index in [0.29, 0.717) is 11.3 Å². The molecule has 4 bridgehead atoms. The largest absolute Gasteiger partial charge is 0.493 e. The van der Waals surface area contributed by atoms with E-state index in [1.807, 2.05) is 0 Å². The standard InChI is InChI=1S/C29H29FN4O8S/c1-40-25-7-4-19-12-26(25)41-16-27(35)33-23-15-34(29(37)18-2-5-22(6-3-18)43(31,38)39)9-8-24(23)42-21-11-17(10-20(30)13-21)14-32-28(19)36/h2-7,10-13,23-24H,8-9,14-16H2,1H3,(H,32,36)(H,33,35)(H2,31,38,39)/t23-,24+/m1/s1. The van der Waals surface area contributed by atoms with Crippen LogP contribution in [0.15, 0.2) is 65.6 Å². The van der Waals surface area contributed by atoms with Crippen LogP contribution in [-0.2, 0) is 21.4 Å². The van der Waals surface area contributed by atoms with Crippen LogP contribution in [0.2, 0.25) is 0 Å². The molecule has 1 saturated heterocycles.